The van der Waals surface area contributed by atoms with Gasteiger partial charge in [0.15, 0.2) is 0 Å². The Morgan fingerprint density at radius 1 is 1.50 bits per heavy atom. The fourth-order valence-corrected chi connectivity index (χ4v) is 1.89. The molecule has 1 unspecified atom stereocenters. The molecule has 0 spiro atoms. The van der Waals surface area contributed by atoms with Gasteiger partial charge in [-0.1, -0.05) is 19.4 Å². The highest BCUT2D eigenvalue weighted by molar-refractivity contribution is 5.95. The number of hydrogen-bond donors (Lipinski definition) is 2. The summed E-state index contributed by atoms with van der Waals surface area (Å²) in [5, 5.41) is 2.81. The van der Waals surface area contributed by atoms with Crippen LogP contribution in [0.4, 0.5) is 5.69 Å². The summed E-state index contributed by atoms with van der Waals surface area (Å²) >= 11 is 0. The van der Waals surface area contributed by atoms with Crippen LogP contribution in [-0.4, -0.2) is 16.9 Å². The van der Waals surface area contributed by atoms with Gasteiger partial charge in [0, 0.05) is 11.3 Å². The molecular weight excluding hydrogens is 254 g/mol. The van der Waals surface area contributed by atoms with Crippen LogP contribution in [0.25, 0.3) is 11.5 Å². The summed E-state index contributed by atoms with van der Waals surface area (Å²) in [6, 6.07) is 6.88. The smallest absolute Gasteiger partial charge is 0.241 e. The molecule has 0 saturated carbocycles. The maximum absolute atomic E-state index is 11.9. The lowest BCUT2D eigenvalue weighted by atomic mass is 10.1. The van der Waals surface area contributed by atoms with Crippen molar-refractivity contribution in [3.05, 3.63) is 36.2 Å². The summed E-state index contributed by atoms with van der Waals surface area (Å²) in [5.41, 5.74) is 8.11. The number of rotatable bonds is 5. The zero-order chi connectivity index (χ0) is 14.5. The number of aryl methyl sites for hydroxylation is 1. The van der Waals surface area contributed by atoms with Crippen molar-refractivity contribution in [2.45, 2.75) is 32.7 Å². The molecule has 5 heteroatoms. The van der Waals surface area contributed by atoms with Crippen molar-refractivity contribution < 1.29 is 9.21 Å². The van der Waals surface area contributed by atoms with Crippen molar-refractivity contribution in [3.8, 4) is 11.5 Å². The molecule has 0 aliphatic carbocycles. The summed E-state index contributed by atoms with van der Waals surface area (Å²) in [6.07, 6.45) is 3.15. The molecule has 0 saturated heterocycles. The zero-order valence-electron chi connectivity index (χ0n) is 11.7. The molecule has 106 valence electrons. The number of aromatic nitrogens is 1. The predicted octanol–water partition coefficient (Wildman–Crippen LogP) is 2.72. The number of nitrogens with two attached hydrogens (primary N) is 1. The second-order valence-electron chi connectivity index (χ2n) is 4.76. The molecule has 0 aliphatic heterocycles. The van der Waals surface area contributed by atoms with Gasteiger partial charge in [-0.15, -0.1) is 0 Å². The predicted molar refractivity (Wildman–Crippen MR) is 78.2 cm³/mol. The highest BCUT2D eigenvalue weighted by Gasteiger charge is 2.13. The van der Waals surface area contributed by atoms with E-state index in [4.69, 9.17) is 10.2 Å². The maximum Gasteiger partial charge on any atom is 0.241 e. The zero-order valence-corrected chi connectivity index (χ0v) is 11.7. The quantitative estimate of drug-likeness (QED) is 0.877. The van der Waals surface area contributed by atoms with Crippen LogP contribution < -0.4 is 11.1 Å². The van der Waals surface area contributed by atoms with E-state index in [0.29, 0.717) is 18.0 Å². The molecule has 5 nitrogen and oxygen atoms in total. The minimum Gasteiger partial charge on any atom is -0.444 e. The van der Waals surface area contributed by atoms with Gasteiger partial charge in [0.25, 0.3) is 0 Å². The Morgan fingerprint density at radius 2 is 2.30 bits per heavy atom. The normalized spacial score (nSPS) is 12.2. The Morgan fingerprint density at radius 3 is 2.95 bits per heavy atom. The summed E-state index contributed by atoms with van der Waals surface area (Å²) in [7, 11) is 0. The summed E-state index contributed by atoms with van der Waals surface area (Å²) < 4.78 is 5.35. The van der Waals surface area contributed by atoms with Gasteiger partial charge in [0.2, 0.25) is 11.8 Å². The molecule has 2 rings (SSSR count). The molecule has 1 aromatic heterocycles. The van der Waals surface area contributed by atoms with E-state index in [1.807, 2.05) is 38.1 Å². The molecule has 20 heavy (non-hydrogen) atoms. The average Bonchev–Trinajstić information content (AvgIpc) is 2.86. The summed E-state index contributed by atoms with van der Waals surface area (Å²) in [4.78, 5) is 16.1. The Bertz CT molecular complexity index is 592. The highest BCUT2D eigenvalue weighted by atomic mass is 16.3. The molecule has 0 bridgehead atoms. The second kappa shape index (κ2) is 6.34. The van der Waals surface area contributed by atoms with E-state index < -0.39 is 6.04 Å². The van der Waals surface area contributed by atoms with Crippen LogP contribution in [-0.2, 0) is 4.79 Å². The van der Waals surface area contributed by atoms with Gasteiger partial charge in [0.1, 0.15) is 6.26 Å². The monoisotopic (exact) mass is 273 g/mol. The largest absolute Gasteiger partial charge is 0.444 e. The van der Waals surface area contributed by atoms with E-state index in [9.17, 15) is 4.79 Å². The SMILES string of the molecule is CCCC(N)C(=O)Nc1cccc(-c2nc(C)co2)c1. The van der Waals surface area contributed by atoms with Crippen molar-refractivity contribution in [3.63, 3.8) is 0 Å². The second-order valence-corrected chi connectivity index (χ2v) is 4.76. The Hall–Kier alpha value is -2.14. The number of benzene rings is 1. The molecule has 1 aromatic carbocycles. The lowest BCUT2D eigenvalue weighted by molar-refractivity contribution is -0.117. The van der Waals surface area contributed by atoms with Gasteiger partial charge in [-0.05, 0) is 31.5 Å². The first-order valence-corrected chi connectivity index (χ1v) is 6.69. The van der Waals surface area contributed by atoms with Crippen LogP contribution in [0.3, 0.4) is 0 Å². The first-order valence-electron chi connectivity index (χ1n) is 6.69. The van der Waals surface area contributed by atoms with Crippen molar-refractivity contribution >= 4 is 11.6 Å². The van der Waals surface area contributed by atoms with Crippen LogP contribution >= 0.6 is 0 Å². The third-order valence-corrected chi connectivity index (χ3v) is 2.93. The molecule has 0 radical (unpaired) electrons. The molecule has 1 atom stereocenters. The molecule has 3 N–H and O–H groups in total. The van der Waals surface area contributed by atoms with Crippen LogP contribution in [0, 0.1) is 6.92 Å². The summed E-state index contributed by atoms with van der Waals surface area (Å²) in [6.45, 7) is 3.86. The number of hydrogen-bond acceptors (Lipinski definition) is 4. The van der Waals surface area contributed by atoms with E-state index in [2.05, 4.69) is 10.3 Å². The molecular formula is C15H19N3O2. The van der Waals surface area contributed by atoms with Crippen LogP contribution in [0.2, 0.25) is 0 Å². The fraction of sp³-hybridized carbons (Fsp3) is 0.333. The number of carbonyl (C=O) groups excluding carboxylic acids is 1. The van der Waals surface area contributed by atoms with Crippen LogP contribution in [0.1, 0.15) is 25.5 Å². The minimum absolute atomic E-state index is 0.174. The molecule has 0 aliphatic rings. The van der Waals surface area contributed by atoms with Crippen LogP contribution in [0.5, 0.6) is 0 Å². The first kappa shape index (κ1) is 14.3. The van der Waals surface area contributed by atoms with E-state index >= 15 is 0 Å². The Kier molecular flexibility index (Phi) is 4.53. The van der Waals surface area contributed by atoms with E-state index in [1.54, 1.807) is 6.26 Å². The lowest BCUT2D eigenvalue weighted by Crippen LogP contribution is -2.35. The molecule has 2 aromatic rings. The fourth-order valence-electron chi connectivity index (χ4n) is 1.89. The standard InChI is InChI=1S/C15H19N3O2/c1-3-5-13(16)14(19)18-12-7-4-6-11(8-12)15-17-10(2)9-20-15/h4,6-9,13H,3,5,16H2,1-2H3,(H,18,19). The molecule has 1 amide bonds. The van der Waals surface area contributed by atoms with Crippen LogP contribution in [0.15, 0.2) is 34.9 Å². The van der Waals surface area contributed by atoms with Crippen molar-refractivity contribution in [1.82, 2.24) is 4.98 Å². The maximum atomic E-state index is 11.9. The number of oxazole rings is 1. The van der Waals surface area contributed by atoms with E-state index in [1.165, 1.54) is 0 Å². The van der Waals surface area contributed by atoms with Crippen molar-refractivity contribution in [2.24, 2.45) is 5.73 Å². The molecule has 0 fully saturated rings. The van der Waals surface area contributed by atoms with Gasteiger partial charge in [-0.25, -0.2) is 4.98 Å². The number of nitrogens with one attached hydrogen (secondary N) is 1. The van der Waals surface area contributed by atoms with Crippen molar-refractivity contribution in [2.75, 3.05) is 5.32 Å². The first-order chi connectivity index (χ1) is 9.60. The lowest BCUT2D eigenvalue weighted by Gasteiger charge is -2.11. The van der Waals surface area contributed by atoms with Gasteiger partial charge >= 0.3 is 0 Å². The number of nitrogens with zero attached hydrogens (tertiary/aromatic N) is 1. The van der Waals surface area contributed by atoms with Gasteiger partial charge < -0.3 is 15.5 Å². The number of anilines is 1. The Balaban J connectivity index is 2.12. The summed E-state index contributed by atoms with van der Waals surface area (Å²) in [5.74, 6) is 0.365. The topological polar surface area (TPSA) is 81.2 Å². The van der Waals surface area contributed by atoms with Gasteiger partial charge in [0.05, 0.1) is 11.7 Å². The highest BCUT2D eigenvalue weighted by Crippen LogP contribution is 2.22. The van der Waals surface area contributed by atoms with Gasteiger partial charge in [-0.3, -0.25) is 4.79 Å². The van der Waals surface area contributed by atoms with Crippen molar-refractivity contribution in [1.29, 1.82) is 0 Å². The van der Waals surface area contributed by atoms with Gasteiger partial charge in [-0.2, -0.15) is 0 Å². The number of carbonyl (C=O) groups is 1. The molecule has 1 heterocycles. The van der Waals surface area contributed by atoms with E-state index in [-0.39, 0.29) is 5.91 Å². The third-order valence-electron chi connectivity index (χ3n) is 2.93. The van der Waals surface area contributed by atoms with E-state index in [0.717, 1.165) is 17.7 Å². The minimum atomic E-state index is -0.479. The Labute approximate surface area is 118 Å². The number of amides is 1. The third kappa shape index (κ3) is 3.45. The average molecular weight is 273 g/mol.